The van der Waals surface area contributed by atoms with Crippen LogP contribution in [0.15, 0.2) is 18.2 Å². The van der Waals surface area contributed by atoms with Gasteiger partial charge in [-0.05, 0) is 31.7 Å². The van der Waals surface area contributed by atoms with Gasteiger partial charge in [0.15, 0.2) is 0 Å². The van der Waals surface area contributed by atoms with Gasteiger partial charge in [0.05, 0.1) is 10.5 Å². The summed E-state index contributed by atoms with van der Waals surface area (Å²) in [5, 5.41) is 14.6. The van der Waals surface area contributed by atoms with Crippen LogP contribution >= 0.6 is 15.9 Å². The fourth-order valence-electron chi connectivity index (χ4n) is 2.30. The third-order valence-corrected chi connectivity index (χ3v) is 4.69. The van der Waals surface area contributed by atoms with E-state index in [1.165, 1.54) is 6.07 Å². The largest absolute Gasteiger partial charge is 0.346 e. The number of nitrogens with one attached hydrogen (secondary N) is 1. The number of benzene rings is 1. The molecule has 0 aliphatic heterocycles. The van der Waals surface area contributed by atoms with Gasteiger partial charge in [-0.3, -0.25) is 14.9 Å². The maximum absolute atomic E-state index is 12.3. The topological polar surface area (TPSA) is 72.2 Å². The van der Waals surface area contributed by atoms with Crippen LogP contribution in [0.4, 0.5) is 5.69 Å². The van der Waals surface area contributed by atoms with Crippen molar-refractivity contribution in [3.63, 3.8) is 0 Å². The predicted octanol–water partition coefficient (Wildman–Crippen LogP) is 2.95. The van der Waals surface area contributed by atoms with Crippen LogP contribution in [0, 0.1) is 17.0 Å². The molecule has 6 heteroatoms. The van der Waals surface area contributed by atoms with Gasteiger partial charge in [0, 0.05) is 11.4 Å². The summed E-state index contributed by atoms with van der Waals surface area (Å²) in [6, 6.07) is 4.67. The summed E-state index contributed by atoms with van der Waals surface area (Å²) in [6.45, 7) is 1.71. The monoisotopic (exact) mass is 326 g/mol. The van der Waals surface area contributed by atoms with Gasteiger partial charge in [-0.15, -0.1) is 0 Å². The van der Waals surface area contributed by atoms with E-state index in [0.29, 0.717) is 10.9 Å². The van der Waals surface area contributed by atoms with Crippen molar-refractivity contribution < 1.29 is 9.72 Å². The van der Waals surface area contributed by atoms with Crippen molar-refractivity contribution >= 4 is 27.5 Å². The van der Waals surface area contributed by atoms with Crippen molar-refractivity contribution in [2.45, 2.75) is 31.7 Å². The van der Waals surface area contributed by atoms with Crippen LogP contribution in [0.2, 0.25) is 0 Å². The minimum Gasteiger partial charge on any atom is -0.346 e. The summed E-state index contributed by atoms with van der Waals surface area (Å²) in [7, 11) is 0. The molecule has 1 aliphatic rings. The van der Waals surface area contributed by atoms with E-state index in [0.717, 1.165) is 19.3 Å². The lowest BCUT2D eigenvalue weighted by Gasteiger charge is -2.41. The third kappa shape index (κ3) is 2.63. The first-order chi connectivity index (χ1) is 8.99. The molecule has 0 radical (unpaired) electrons. The Morgan fingerprint density at radius 2 is 2.21 bits per heavy atom. The van der Waals surface area contributed by atoms with Crippen molar-refractivity contribution in [2.75, 3.05) is 5.33 Å². The highest BCUT2D eigenvalue weighted by atomic mass is 79.9. The quantitative estimate of drug-likeness (QED) is 0.525. The van der Waals surface area contributed by atoms with E-state index < -0.39 is 4.92 Å². The van der Waals surface area contributed by atoms with E-state index >= 15 is 0 Å². The average molecular weight is 327 g/mol. The highest BCUT2D eigenvalue weighted by Crippen LogP contribution is 2.34. The zero-order valence-corrected chi connectivity index (χ0v) is 12.2. The summed E-state index contributed by atoms with van der Waals surface area (Å²) in [4.78, 5) is 22.8. The molecule has 5 nitrogen and oxygen atoms in total. The summed E-state index contributed by atoms with van der Waals surface area (Å²) in [6.07, 6.45) is 2.88. The number of rotatable bonds is 4. The zero-order valence-electron chi connectivity index (χ0n) is 10.6. The predicted molar refractivity (Wildman–Crippen MR) is 75.7 cm³/mol. The highest BCUT2D eigenvalue weighted by molar-refractivity contribution is 9.09. The van der Waals surface area contributed by atoms with Gasteiger partial charge in [0.1, 0.15) is 5.56 Å². The zero-order chi connectivity index (χ0) is 14.0. The number of hydrogen-bond acceptors (Lipinski definition) is 3. The lowest BCUT2D eigenvalue weighted by Crippen LogP contribution is -2.55. The van der Waals surface area contributed by atoms with E-state index in [4.69, 9.17) is 0 Å². The summed E-state index contributed by atoms with van der Waals surface area (Å²) < 4.78 is 0. The van der Waals surface area contributed by atoms with Crippen molar-refractivity contribution in [1.82, 2.24) is 5.32 Å². The molecule has 0 atom stereocenters. The third-order valence-electron chi connectivity index (χ3n) is 3.62. The first-order valence-electron chi connectivity index (χ1n) is 6.11. The number of aryl methyl sites for hydroxylation is 1. The molecular weight excluding hydrogens is 312 g/mol. The molecule has 0 unspecified atom stereocenters. The SMILES string of the molecule is Cc1cccc([N+](=O)[O-])c1C(=O)NC1(CBr)CCC1. The first kappa shape index (κ1) is 14.0. The number of nitro benzene ring substituents is 1. The Hall–Kier alpha value is -1.43. The van der Waals surface area contributed by atoms with E-state index in [1.807, 2.05) is 0 Å². The Morgan fingerprint density at radius 3 is 2.68 bits per heavy atom. The smallest absolute Gasteiger partial charge is 0.282 e. The summed E-state index contributed by atoms with van der Waals surface area (Å²) in [5.74, 6) is -0.357. The van der Waals surface area contributed by atoms with Crippen LogP contribution in [0.1, 0.15) is 35.2 Å². The molecule has 0 saturated heterocycles. The van der Waals surface area contributed by atoms with Crippen LogP contribution in [0.5, 0.6) is 0 Å². The Kier molecular flexibility index (Phi) is 3.89. The Labute approximate surface area is 119 Å². The van der Waals surface area contributed by atoms with Crippen LogP contribution in [-0.2, 0) is 0 Å². The molecule has 0 spiro atoms. The minimum atomic E-state index is -0.510. The van der Waals surface area contributed by atoms with Crippen molar-refractivity contribution in [3.8, 4) is 0 Å². The molecule has 0 aromatic heterocycles. The molecule has 0 heterocycles. The van der Waals surface area contributed by atoms with Crippen molar-refractivity contribution in [1.29, 1.82) is 0 Å². The fourth-order valence-corrected chi connectivity index (χ4v) is 3.00. The fraction of sp³-hybridized carbons (Fsp3) is 0.462. The Morgan fingerprint density at radius 1 is 1.53 bits per heavy atom. The molecule has 19 heavy (non-hydrogen) atoms. The lowest BCUT2D eigenvalue weighted by molar-refractivity contribution is -0.385. The van der Waals surface area contributed by atoms with Crippen LogP contribution < -0.4 is 5.32 Å². The van der Waals surface area contributed by atoms with E-state index in [1.54, 1.807) is 19.1 Å². The minimum absolute atomic E-state index is 0.137. The molecule has 1 N–H and O–H groups in total. The van der Waals surface area contributed by atoms with Gasteiger partial charge in [-0.2, -0.15) is 0 Å². The standard InChI is InChI=1S/C13H15BrN2O3/c1-9-4-2-5-10(16(18)19)11(9)12(17)15-13(8-14)6-3-7-13/h2,4-5H,3,6-8H2,1H3,(H,15,17). The molecule has 1 aromatic rings. The van der Waals surface area contributed by atoms with E-state index in [2.05, 4.69) is 21.2 Å². The maximum Gasteiger partial charge on any atom is 0.282 e. The normalized spacial score (nSPS) is 16.5. The van der Waals surface area contributed by atoms with Crippen molar-refractivity contribution in [3.05, 3.63) is 39.4 Å². The van der Waals surface area contributed by atoms with Crippen molar-refractivity contribution in [2.24, 2.45) is 0 Å². The maximum atomic E-state index is 12.3. The van der Waals surface area contributed by atoms with E-state index in [9.17, 15) is 14.9 Å². The molecule has 1 amide bonds. The molecule has 102 valence electrons. The number of carbonyl (C=O) groups excluding carboxylic acids is 1. The number of hydrogen-bond donors (Lipinski definition) is 1. The lowest BCUT2D eigenvalue weighted by atomic mass is 9.78. The van der Waals surface area contributed by atoms with E-state index in [-0.39, 0.29) is 22.7 Å². The van der Waals surface area contributed by atoms with Crippen LogP contribution in [0.3, 0.4) is 0 Å². The number of nitro groups is 1. The number of amides is 1. The molecule has 1 aliphatic carbocycles. The molecule has 1 fully saturated rings. The van der Waals surface area contributed by atoms with Gasteiger partial charge < -0.3 is 5.32 Å². The first-order valence-corrected chi connectivity index (χ1v) is 7.24. The number of alkyl halides is 1. The number of halogens is 1. The highest BCUT2D eigenvalue weighted by Gasteiger charge is 2.38. The molecule has 1 saturated carbocycles. The Balaban J connectivity index is 2.31. The van der Waals surface area contributed by atoms with Gasteiger partial charge in [-0.25, -0.2) is 0 Å². The van der Waals surface area contributed by atoms with Gasteiger partial charge in [0.2, 0.25) is 0 Å². The number of nitrogens with zero attached hydrogens (tertiary/aromatic N) is 1. The second-order valence-electron chi connectivity index (χ2n) is 4.95. The van der Waals surface area contributed by atoms with Crippen LogP contribution in [0.25, 0.3) is 0 Å². The van der Waals surface area contributed by atoms with Gasteiger partial charge >= 0.3 is 0 Å². The Bertz CT molecular complexity index is 521. The molecule has 1 aromatic carbocycles. The molecule has 0 bridgehead atoms. The average Bonchev–Trinajstić information content (AvgIpc) is 2.33. The summed E-state index contributed by atoms with van der Waals surface area (Å²) >= 11 is 3.40. The summed E-state index contributed by atoms with van der Waals surface area (Å²) in [5.41, 5.74) is 0.407. The van der Waals surface area contributed by atoms with Crippen LogP contribution in [-0.4, -0.2) is 21.7 Å². The number of carbonyl (C=O) groups is 1. The van der Waals surface area contributed by atoms with Gasteiger partial charge in [-0.1, -0.05) is 28.1 Å². The second-order valence-corrected chi connectivity index (χ2v) is 5.51. The molecular formula is C13H15BrN2O3. The second kappa shape index (κ2) is 5.28. The molecule has 2 rings (SSSR count). The van der Waals surface area contributed by atoms with Gasteiger partial charge in [0.25, 0.3) is 11.6 Å².